The van der Waals surface area contributed by atoms with Gasteiger partial charge in [0.1, 0.15) is 98.6 Å². The molecule has 0 aliphatic heterocycles. The standard InChI is InChI=1S/C22H18O4.2C16H14O4.2C16H14O3.C16H14O2.C15H12O3/c23-18-9-12-20(22(25)14-18)21(24)13-8-16-6-10-19(11-7-16)26-15-17-4-2-1-3-5-17;1-20-13-6-2-11(3-7-13)4-9-15(18)14-8-5-12(17)10-16(14)19;1-20-13-4-2-3-11(9-13)5-8-15(18)14-7-6-12(17)10-16(14)19;1-19-13-6-4-5-12(11-13)9-10-16(18)14-7-2-3-8-15(14)17;1-19-13-9-6-12(7-10-13)8-11-16(18)14-4-2-3-5-15(14)17;1-18-15-10-7-13(8-11-15)9-12-16(17)14-5-3-2-4-6-14;16-12-7-8-13(15(18)10-12)14(17)9-6-11-4-2-1-3-5-11/h1-14,23,25H,15H2;2*2-10,17,19H,1H3;2*2-11,17H,1H3;2-12H,1H3;1-10,16,18H/b13-8+;9-4+;8-5+;10-9+;11-8+;12-9+;9-6+. The summed E-state index contributed by atoms with van der Waals surface area (Å²) < 4.78 is 31.1. The predicted molar refractivity (Wildman–Crippen MR) is 544 cm³/mol. The zero-order chi connectivity index (χ0) is 101. The average molecular weight is 1870 g/mol. The monoisotopic (exact) mass is 1870 g/mol. The minimum absolute atomic E-state index is 0.00594. The summed E-state index contributed by atoms with van der Waals surface area (Å²) in [7, 11) is 7.98. The van der Waals surface area contributed by atoms with E-state index in [1.165, 1.54) is 97.1 Å². The van der Waals surface area contributed by atoms with Crippen molar-refractivity contribution >= 4 is 83.0 Å². The first kappa shape index (κ1) is 105. The summed E-state index contributed by atoms with van der Waals surface area (Å²) in [5.41, 5.74) is 9.11. The van der Waals surface area contributed by atoms with Gasteiger partial charge in [0.25, 0.3) is 0 Å². The molecule has 0 heterocycles. The number of carbonyl (C=O) groups excluding carboxylic acids is 7. The summed E-state index contributed by atoms with van der Waals surface area (Å²) in [5.74, 6) is 1.40. The predicted octanol–water partition coefficient (Wildman–Crippen LogP) is 23.8. The number of carbonyl (C=O) groups is 7. The molecule has 0 fully saturated rings. The fraction of sp³-hybridized carbons (Fsp3) is 0.0513. The second-order valence-electron chi connectivity index (χ2n) is 29.7. The Morgan fingerprint density at radius 2 is 0.436 bits per heavy atom. The summed E-state index contributed by atoms with van der Waals surface area (Å²) in [6.45, 7) is 0.495. The molecule has 0 aromatic heterocycles. The van der Waals surface area contributed by atoms with Crippen molar-refractivity contribution in [1.82, 2.24) is 0 Å². The second kappa shape index (κ2) is 55.5. The molecule has 0 bridgehead atoms. The number of ether oxygens (including phenoxy) is 6. The SMILES string of the molecule is COc1ccc(/C=C/C(=O)c2ccc(O)cc2O)cc1.COc1ccc(/C=C/C(=O)c2ccccc2)cc1.COc1ccc(/C=C/C(=O)c2ccccc2O)cc1.COc1cccc(/C=C/C(=O)c2ccc(O)cc2O)c1.COc1cccc(/C=C/C(=O)c2ccccc2O)c1.O=C(/C=C/c1ccc(OCc2ccccc2)cc1)c1ccc(O)cc1O.O=C(/C=C/c1ccccc1)c1ccc(O)cc1O. The van der Waals surface area contributed by atoms with E-state index in [0.717, 1.165) is 97.5 Å². The Labute approximate surface area is 809 Å². The van der Waals surface area contributed by atoms with Gasteiger partial charge in [-0.2, -0.15) is 0 Å². The van der Waals surface area contributed by atoms with Gasteiger partial charge in [0, 0.05) is 29.8 Å². The number of benzene rings is 15. The van der Waals surface area contributed by atoms with Gasteiger partial charge in [-0.15, -0.1) is 0 Å². The molecular weight excluding hydrogens is 1770 g/mol. The van der Waals surface area contributed by atoms with Crippen LogP contribution in [-0.4, -0.2) is 127 Å². The van der Waals surface area contributed by atoms with Crippen molar-refractivity contribution in [1.29, 1.82) is 0 Å². The summed E-state index contributed by atoms with van der Waals surface area (Å²) in [5, 5.41) is 94.4. The van der Waals surface area contributed by atoms with E-state index >= 15 is 0 Å². The number of phenols is 10. The van der Waals surface area contributed by atoms with Crippen LogP contribution in [0.25, 0.3) is 42.5 Å². The summed E-state index contributed by atoms with van der Waals surface area (Å²) in [4.78, 5) is 83.4. The topological polar surface area (TPSA) is 377 Å². The lowest BCUT2D eigenvalue weighted by Crippen LogP contribution is -1.95. The molecule has 0 atom stereocenters. The Balaban J connectivity index is 0.000000183. The highest BCUT2D eigenvalue weighted by molar-refractivity contribution is 6.12. The molecule has 23 heteroatoms. The average Bonchev–Trinajstić information content (AvgIpc) is 0.864. The third kappa shape index (κ3) is 35.2. The Morgan fingerprint density at radius 3 is 0.721 bits per heavy atom. The quantitative estimate of drug-likeness (QED) is 0.0154. The fourth-order valence-corrected chi connectivity index (χ4v) is 12.3. The number of methoxy groups -OCH3 is 5. The molecule has 0 spiro atoms. The molecule has 0 amide bonds. The van der Waals surface area contributed by atoms with E-state index < -0.39 is 0 Å². The van der Waals surface area contributed by atoms with Crippen molar-refractivity contribution in [2.24, 2.45) is 0 Å². The third-order valence-electron chi connectivity index (χ3n) is 19.8. The molecule has 0 unspecified atom stereocenters. The van der Waals surface area contributed by atoms with Crippen molar-refractivity contribution in [3.05, 3.63) is 484 Å². The molecule has 0 saturated heterocycles. The van der Waals surface area contributed by atoms with Crippen LogP contribution >= 0.6 is 0 Å². The number of aromatic hydroxyl groups is 10. The number of allylic oxidation sites excluding steroid dienone is 7. The van der Waals surface area contributed by atoms with Crippen molar-refractivity contribution in [3.8, 4) is 92.0 Å². The lowest BCUT2D eigenvalue weighted by Gasteiger charge is -2.06. The molecule has 0 aliphatic rings. The molecular formula is C117H100O23. The molecule has 0 saturated carbocycles. The van der Waals surface area contributed by atoms with Crippen LogP contribution in [0.1, 0.15) is 117 Å². The molecule has 10 N–H and O–H groups in total. The minimum Gasteiger partial charge on any atom is -0.508 e. The third-order valence-corrected chi connectivity index (χ3v) is 19.8. The molecule has 140 heavy (non-hydrogen) atoms. The maximum absolute atomic E-state index is 12.1. The zero-order valence-corrected chi connectivity index (χ0v) is 76.6. The van der Waals surface area contributed by atoms with E-state index in [2.05, 4.69) is 0 Å². The number of hydrogen-bond acceptors (Lipinski definition) is 23. The highest BCUT2D eigenvalue weighted by Gasteiger charge is 2.15. The normalized spacial score (nSPS) is 10.6. The van der Waals surface area contributed by atoms with Crippen LogP contribution in [0.2, 0.25) is 0 Å². The fourth-order valence-electron chi connectivity index (χ4n) is 12.3. The maximum Gasteiger partial charge on any atom is 0.189 e. The lowest BCUT2D eigenvalue weighted by molar-refractivity contribution is 0.103. The first-order valence-corrected chi connectivity index (χ1v) is 43.0. The van der Waals surface area contributed by atoms with Crippen molar-refractivity contribution in [2.45, 2.75) is 6.61 Å². The van der Waals surface area contributed by atoms with Crippen molar-refractivity contribution < 1.29 is 113 Å². The van der Waals surface area contributed by atoms with Crippen molar-refractivity contribution in [2.75, 3.05) is 35.5 Å². The number of rotatable bonds is 29. The Morgan fingerprint density at radius 1 is 0.200 bits per heavy atom. The largest absolute Gasteiger partial charge is 0.508 e. The van der Waals surface area contributed by atoms with Crippen LogP contribution in [0.4, 0.5) is 0 Å². The lowest BCUT2D eigenvalue weighted by atomic mass is 10.1. The van der Waals surface area contributed by atoms with Crippen LogP contribution in [-0.2, 0) is 6.61 Å². The highest BCUT2D eigenvalue weighted by atomic mass is 16.5. The number of phenolic OH excluding ortho intramolecular Hbond substituents is 10. The van der Waals surface area contributed by atoms with Crippen LogP contribution in [0.3, 0.4) is 0 Å². The Bertz CT molecular complexity index is 6860. The van der Waals surface area contributed by atoms with Gasteiger partial charge < -0.3 is 79.5 Å². The van der Waals surface area contributed by atoms with Gasteiger partial charge in [-0.25, -0.2) is 0 Å². The minimum atomic E-state index is -0.342. The first-order valence-electron chi connectivity index (χ1n) is 43.0. The van der Waals surface area contributed by atoms with Gasteiger partial charge in [0.05, 0.1) is 68.9 Å². The van der Waals surface area contributed by atoms with Gasteiger partial charge in [0.15, 0.2) is 40.5 Å². The molecule has 706 valence electrons. The summed E-state index contributed by atoms with van der Waals surface area (Å²) >= 11 is 0. The van der Waals surface area contributed by atoms with Crippen LogP contribution < -0.4 is 28.4 Å². The molecule has 0 radical (unpaired) electrons. The zero-order valence-electron chi connectivity index (χ0n) is 76.6. The van der Waals surface area contributed by atoms with Gasteiger partial charge in [-0.05, 0) is 233 Å². The Hall–Kier alpha value is -19.0. The molecule has 23 nitrogen and oxygen atoms in total. The first-order chi connectivity index (χ1) is 67.7. The van der Waals surface area contributed by atoms with E-state index in [9.17, 15) is 79.5 Å². The summed E-state index contributed by atoms with van der Waals surface area (Å²) in [6.07, 6.45) is 21.8. The van der Waals surface area contributed by atoms with Crippen molar-refractivity contribution in [3.63, 3.8) is 0 Å². The van der Waals surface area contributed by atoms with E-state index in [1.807, 2.05) is 206 Å². The van der Waals surface area contributed by atoms with Gasteiger partial charge in [-0.3, -0.25) is 33.6 Å². The summed E-state index contributed by atoms with van der Waals surface area (Å²) in [6, 6.07) is 101. The number of ketones is 7. The van der Waals surface area contributed by atoms with E-state index in [1.54, 1.807) is 151 Å². The van der Waals surface area contributed by atoms with E-state index in [0.29, 0.717) is 29.0 Å². The molecule has 15 rings (SSSR count). The number of hydrogen-bond donors (Lipinski definition) is 10. The van der Waals surface area contributed by atoms with Gasteiger partial charge >= 0.3 is 0 Å². The second-order valence-corrected chi connectivity index (χ2v) is 29.7. The highest BCUT2D eigenvalue weighted by Crippen LogP contribution is 2.30. The smallest absolute Gasteiger partial charge is 0.189 e. The number of para-hydroxylation sites is 2. The Kier molecular flexibility index (Phi) is 41.5. The van der Waals surface area contributed by atoms with Gasteiger partial charge in [-0.1, -0.05) is 231 Å². The van der Waals surface area contributed by atoms with Crippen LogP contribution in [0.5, 0.6) is 92.0 Å². The van der Waals surface area contributed by atoms with E-state index in [-0.39, 0.29) is 120 Å². The van der Waals surface area contributed by atoms with Crippen LogP contribution in [0.15, 0.2) is 400 Å². The van der Waals surface area contributed by atoms with E-state index in [4.69, 9.17) is 33.5 Å². The maximum atomic E-state index is 12.1. The molecule has 15 aromatic rings. The molecule has 0 aliphatic carbocycles. The molecule has 15 aromatic carbocycles. The van der Waals surface area contributed by atoms with Gasteiger partial charge in [0.2, 0.25) is 0 Å². The van der Waals surface area contributed by atoms with Crippen LogP contribution in [0, 0.1) is 0 Å².